The Morgan fingerprint density at radius 3 is 2.69 bits per heavy atom. The number of aromatic hydroxyl groups is 1. The molecule has 0 aliphatic carbocycles. The number of nitrogens with zero attached hydrogens (tertiary/aromatic N) is 5. The Morgan fingerprint density at radius 2 is 2.00 bits per heavy atom. The van der Waals surface area contributed by atoms with Gasteiger partial charge >= 0.3 is 0 Å². The predicted molar refractivity (Wildman–Crippen MR) is 137 cm³/mol. The standard InChI is InChI=1S/C24H30N8O4/c1-24(2,3)18(34)11-19(25)30-22(35)14-6-7-17(33)15(10-14)29-21-20-16(27-13-28-21)12-26-23(31-20)32(4)8-9-36-5/h6-7,10-13,33-34H,8-9H2,1-5H3,(H2,25,30,35)(H,27,28,29)/b18-11-. The van der Waals surface area contributed by atoms with Crippen molar-refractivity contribution in [1.29, 1.82) is 5.41 Å². The minimum atomic E-state index is -0.585. The van der Waals surface area contributed by atoms with Crippen molar-refractivity contribution in [3.63, 3.8) is 0 Å². The van der Waals surface area contributed by atoms with Crippen molar-refractivity contribution in [2.24, 2.45) is 5.41 Å². The SMILES string of the molecule is COCCN(C)c1ncc2ncnc(Nc3cc(C(=O)NC(=N)/C=C(\O)C(C)(C)C)ccc3O)c2n1. The van der Waals surface area contributed by atoms with Crippen molar-refractivity contribution in [3.05, 3.63) is 48.1 Å². The number of methoxy groups -OCH3 is 1. The van der Waals surface area contributed by atoms with Crippen molar-refractivity contribution >= 4 is 40.2 Å². The van der Waals surface area contributed by atoms with Crippen molar-refractivity contribution in [1.82, 2.24) is 25.3 Å². The van der Waals surface area contributed by atoms with E-state index in [1.54, 1.807) is 34.1 Å². The highest BCUT2D eigenvalue weighted by Crippen LogP contribution is 2.29. The highest BCUT2D eigenvalue weighted by Gasteiger charge is 2.18. The Morgan fingerprint density at radius 1 is 1.25 bits per heavy atom. The van der Waals surface area contributed by atoms with Crippen LogP contribution in [-0.2, 0) is 4.74 Å². The number of aromatic nitrogens is 4. The van der Waals surface area contributed by atoms with Gasteiger partial charge < -0.3 is 30.5 Å². The number of hydrogen-bond acceptors (Lipinski definition) is 11. The zero-order chi connectivity index (χ0) is 26.5. The zero-order valence-electron chi connectivity index (χ0n) is 20.8. The van der Waals surface area contributed by atoms with Gasteiger partial charge in [0.25, 0.3) is 5.91 Å². The molecule has 0 aliphatic rings. The summed E-state index contributed by atoms with van der Waals surface area (Å²) in [5.41, 5.74) is 0.732. The zero-order valence-corrected chi connectivity index (χ0v) is 20.8. The topological polar surface area (TPSA) is 169 Å². The molecule has 3 rings (SSSR count). The van der Waals surface area contributed by atoms with Gasteiger partial charge in [-0.15, -0.1) is 0 Å². The van der Waals surface area contributed by atoms with E-state index in [1.807, 2.05) is 11.9 Å². The molecule has 3 aromatic rings. The molecule has 0 bridgehead atoms. The fourth-order valence-electron chi connectivity index (χ4n) is 2.94. The van der Waals surface area contributed by atoms with Crippen LogP contribution < -0.4 is 15.5 Å². The van der Waals surface area contributed by atoms with Crippen LogP contribution >= 0.6 is 0 Å². The number of ether oxygens (including phenoxy) is 1. The Kier molecular flexibility index (Phi) is 8.00. The third-order valence-corrected chi connectivity index (χ3v) is 5.15. The molecular weight excluding hydrogens is 464 g/mol. The van der Waals surface area contributed by atoms with Crippen molar-refractivity contribution in [3.8, 4) is 5.75 Å². The van der Waals surface area contributed by atoms with Crippen LogP contribution in [0.4, 0.5) is 17.5 Å². The number of likely N-dealkylation sites (N-methyl/N-ethyl adjacent to an activating group) is 1. The quantitative estimate of drug-likeness (QED) is 0.136. The highest BCUT2D eigenvalue weighted by molar-refractivity contribution is 6.09. The van der Waals surface area contributed by atoms with Crippen LogP contribution in [0.25, 0.3) is 11.0 Å². The van der Waals surface area contributed by atoms with Gasteiger partial charge in [-0.1, -0.05) is 20.8 Å². The van der Waals surface area contributed by atoms with Crippen LogP contribution in [0, 0.1) is 10.8 Å². The first-order valence-electron chi connectivity index (χ1n) is 11.1. The van der Waals surface area contributed by atoms with Gasteiger partial charge in [0.2, 0.25) is 5.95 Å². The lowest BCUT2D eigenvalue weighted by molar-refractivity contribution is 0.0977. The molecule has 2 aromatic heterocycles. The summed E-state index contributed by atoms with van der Waals surface area (Å²) < 4.78 is 5.10. The van der Waals surface area contributed by atoms with Crippen LogP contribution in [0.1, 0.15) is 31.1 Å². The van der Waals surface area contributed by atoms with E-state index in [4.69, 9.17) is 10.1 Å². The fourth-order valence-corrected chi connectivity index (χ4v) is 2.94. The van der Waals surface area contributed by atoms with Crippen LogP contribution in [0.2, 0.25) is 0 Å². The molecule has 1 amide bonds. The number of amides is 1. The number of anilines is 3. The molecule has 36 heavy (non-hydrogen) atoms. The fraction of sp³-hybridized carbons (Fsp3) is 0.333. The summed E-state index contributed by atoms with van der Waals surface area (Å²) in [6.45, 7) is 6.44. The molecule has 12 heteroatoms. The predicted octanol–water partition coefficient (Wildman–Crippen LogP) is 3.15. The number of nitrogens with one attached hydrogen (secondary N) is 3. The van der Waals surface area contributed by atoms with E-state index in [2.05, 4.69) is 30.6 Å². The number of carbonyl (C=O) groups excluding carboxylic acids is 1. The first kappa shape index (κ1) is 26.3. The Hall–Kier alpha value is -4.32. The molecule has 0 unspecified atom stereocenters. The van der Waals surface area contributed by atoms with E-state index in [0.717, 1.165) is 0 Å². The summed E-state index contributed by atoms with van der Waals surface area (Å²) >= 11 is 0. The molecule has 0 atom stereocenters. The van der Waals surface area contributed by atoms with E-state index < -0.39 is 11.3 Å². The third kappa shape index (κ3) is 6.42. The molecule has 0 fully saturated rings. The minimum absolute atomic E-state index is 0.0364. The molecule has 2 heterocycles. The largest absolute Gasteiger partial charge is 0.512 e. The molecule has 0 saturated carbocycles. The maximum absolute atomic E-state index is 12.7. The molecule has 0 aliphatic heterocycles. The number of hydrogen-bond donors (Lipinski definition) is 5. The van der Waals surface area contributed by atoms with E-state index >= 15 is 0 Å². The second kappa shape index (κ2) is 11.0. The van der Waals surface area contributed by atoms with Gasteiger partial charge in [0, 0.05) is 37.8 Å². The number of carbonyl (C=O) groups is 1. The smallest absolute Gasteiger partial charge is 0.256 e. The van der Waals surface area contributed by atoms with E-state index in [1.165, 1.54) is 30.6 Å². The number of aliphatic hydroxyl groups is 1. The van der Waals surface area contributed by atoms with E-state index in [-0.39, 0.29) is 28.6 Å². The number of amidine groups is 1. The van der Waals surface area contributed by atoms with Crippen LogP contribution in [0.5, 0.6) is 5.75 Å². The number of allylic oxidation sites excluding steroid dienone is 1. The second-order valence-electron chi connectivity index (χ2n) is 9.04. The molecular formula is C24H30N8O4. The minimum Gasteiger partial charge on any atom is -0.512 e. The number of phenols is 1. The first-order valence-corrected chi connectivity index (χ1v) is 11.1. The average Bonchev–Trinajstić information content (AvgIpc) is 2.83. The lowest BCUT2D eigenvalue weighted by Crippen LogP contribution is -2.29. The summed E-state index contributed by atoms with van der Waals surface area (Å²) in [4.78, 5) is 31.8. The van der Waals surface area contributed by atoms with Gasteiger partial charge in [-0.05, 0) is 18.2 Å². The lowest BCUT2D eigenvalue weighted by atomic mass is 9.93. The van der Waals surface area contributed by atoms with Gasteiger partial charge in [-0.3, -0.25) is 10.2 Å². The summed E-state index contributed by atoms with van der Waals surface area (Å²) in [6, 6.07) is 4.19. The number of aliphatic hydroxyl groups excluding tert-OH is 1. The van der Waals surface area contributed by atoms with Crippen LogP contribution in [0.3, 0.4) is 0 Å². The second-order valence-corrected chi connectivity index (χ2v) is 9.04. The molecule has 1 aromatic carbocycles. The van der Waals surface area contributed by atoms with Gasteiger partial charge in [0.05, 0.1) is 18.5 Å². The molecule has 190 valence electrons. The first-order chi connectivity index (χ1) is 17.0. The number of fused-ring (bicyclic) bond motifs is 1. The number of benzene rings is 1. The Balaban J connectivity index is 1.86. The molecule has 0 radical (unpaired) electrons. The van der Waals surface area contributed by atoms with Crippen molar-refractivity contribution < 1.29 is 19.7 Å². The molecule has 0 spiro atoms. The van der Waals surface area contributed by atoms with Crippen molar-refractivity contribution in [2.45, 2.75) is 20.8 Å². The average molecular weight is 495 g/mol. The summed E-state index contributed by atoms with van der Waals surface area (Å²) in [6.07, 6.45) is 4.10. The van der Waals surface area contributed by atoms with Gasteiger partial charge in [-0.25, -0.2) is 19.9 Å². The summed E-state index contributed by atoms with van der Waals surface area (Å²) in [5, 5.41) is 33.8. The third-order valence-electron chi connectivity index (χ3n) is 5.15. The maximum atomic E-state index is 12.7. The van der Waals surface area contributed by atoms with Crippen LogP contribution in [-0.4, -0.2) is 69.2 Å². The molecule has 5 N–H and O–H groups in total. The monoisotopic (exact) mass is 494 g/mol. The highest BCUT2D eigenvalue weighted by atomic mass is 16.5. The van der Waals surface area contributed by atoms with Gasteiger partial charge in [-0.2, -0.15) is 0 Å². The number of rotatable bonds is 8. The van der Waals surface area contributed by atoms with Crippen molar-refractivity contribution in [2.75, 3.05) is 37.5 Å². The lowest BCUT2D eigenvalue weighted by Gasteiger charge is -2.17. The normalized spacial score (nSPS) is 11.9. The van der Waals surface area contributed by atoms with Crippen LogP contribution in [0.15, 0.2) is 42.6 Å². The summed E-state index contributed by atoms with van der Waals surface area (Å²) in [7, 11) is 3.44. The molecule has 0 saturated heterocycles. The molecule has 12 nitrogen and oxygen atoms in total. The van der Waals surface area contributed by atoms with Gasteiger partial charge in [0.1, 0.15) is 34.7 Å². The van der Waals surface area contributed by atoms with Gasteiger partial charge in [0.15, 0.2) is 5.82 Å². The van der Waals surface area contributed by atoms with E-state index in [0.29, 0.717) is 36.0 Å². The summed E-state index contributed by atoms with van der Waals surface area (Å²) in [5.74, 6) is -0.255. The Labute approximate surface area is 208 Å². The Bertz CT molecular complexity index is 1300. The van der Waals surface area contributed by atoms with E-state index in [9.17, 15) is 15.0 Å². The number of phenolic OH excluding ortho intramolecular Hbond substituents is 1. The maximum Gasteiger partial charge on any atom is 0.256 e.